The minimum absolute atomic E-state index is 0.106. The molecule has 0 saturated carbocycles. The Hall–Kier alpha value is -0.630. The third-order valence-electron chi connectivity index (χ3n) is 2.52. The maximum atomic E-state index is 11.2. The van der Waals surface area contributed by atoms with Gasteiger partial charge in [-0.15, -0.1) is 0 Å². The molecule has 1 heterocycles. The van der Waals surface area contributed by atoms with Gasteiger partial charge in [-0.25, -0.2) is 13.4 Å². The predicted octanol–water partition coefficient (Wildman–Crippen LogP) is 1.43. The van der Waals surface area contributed by atoms with Crippen LogP contribution < -0.4 is 0 Å². The molecular formula is C11H19ClN2O4S. The molecule has 19 heavy (non-hydrogen) atoms. The Labute approximate surface area is 118 Å². The molecule has 1 rings (SSSR count). The van der Waals surface area contributed by atoms with Crippen LogP contribution in [-0.2, 0) is 31.5 Å². The molecule has 0 amide bonds. The normalized spacial score (nSPS) is 11.9. The molecule has 0 spiro atoms. The summed E-state index contributed by atoms with van der Waals surface area (Å²) in [4.78, 5) is 4.00. The first kappa shape index (κ1) is 16.4. The zero-order valence-corrected chi connectivity index (χ0v) is 12.7. The molecule has 0 atom stereocenters. The summed E-state index contributed by atoms with van der Waals surface area (Å²) in [5.74, 6) is 0.680. The van der Waals surface area contributed by atoms with Gasteiger partial charge in [0, 0.05) is 50.2 Å². The van der Waals surface area contributed by atoms with Gasteiger partial charge >= 0.3 is 0 Å². The molecule has 6 nitrogen and oxygen atoms in total. The lowest BCUT2D eigenvalue weighted by Crippen LogP contribution is -2.09. The second kappa shape index (κ2) is 7.84. The van der Waals surface area contributed by atoms with Crippen molar-refractivity contribution in [2.45, 2.75) is 31.3 Å². The lowest BCUT2D eigenvalue weighted by molar-refractivity contribution is 0.0973. The molecular weight excluding hydrogens is 292 g/mol. The summed E-state index contributed by atoms with van der Waals surface area (Å²) >= 11 is 0. The van der Waals surface area contributed by atoms with E-state index in [0.717, 1.165) is 6.42 Å². The van der Waals surface area contributed by atoms with Crippen LogP contribution in [0.1, 0.15) is 19.2 Å². The molecule has 0 unspecified atom stereocenters. The second-order valence-corrected chi connectivity index (χ2v) is 6.45. The van der Waals surface area contributed by atoms with Crippen molar-refractivity contribution in [3.63, 3.8) is 0 Å². The van der Waals surface area contributed by atoms with Gasteiger partial charge in [0.15, 0.2) is 5.03 Å². The highest BCUT2D eigenvalue weighted by atomic mass is 35.7. The third-order valence-corrected chi connectivity index (χ3v) is 3.69. The number of imidazole rings is 1. The van der Waals surface area contributed by atoms with Crippen LogP contribution in [0.15, 0.2) is 11.2 Å². The van der Waals surface area contributed by atoms with Crippen LogP contribution in [0.3, 0.4) is 0 Å². The van der Waals surface area contributed by atoms with Gasteiger partial charge in [0.05, 0.1) is 6.61 Å². The molecule has 8 heteroatoms. The van der Waals surface area contributed by atoms with Crippen LogP contribution in [-0.4, -0.2) is 44.9 Å². The predicted molar refractivity (Wildman–Crippen MR) is 72.0 cm³/mol. The second-order valence-electron chi connectivity index (χ2n) is 3.94. The van der Waals surface area contributed by atoms with Crippen molar-refractivity contribution in [1.29, 1.82) is 0 Å². The molecule has 0 aliphatic carbocycles. The number of aryl methyl sites for hydroxylation is 1. The van der Waals surface area contributed by atoms with E-state index >= 15 is 0 Å². The summed E-state index contributed by atoms with van der Waals surface area (Å²) in [6.07, 6.45) is 2.91. The molecule has 0 radical (unpaired) electrons. The third kappa shape index (κ3) is 5.48. The lowest BCUT2D eigenvalue weighted by atomic mass is 10.4. The fraction of sp³-hybridized carbons (Fsp3) is 0.727. The number of halogens is 1. The zero-order chi connectivity index (χ0) is 14.3. The summed E-state index contributed by atoms with van der Waals surface area (Å²) in [6.45, 7) is 4.23. The van der Waals surface area contributed by atoms with E-state index in [1.54, 1.807) is 11.7 Å². The summed E-state index contributed by atoms with van der Waals surface area (Å²) in [5.41, 5.74) is 0. The Morgan fingerprint density at radius 3 is 2.68 bits per heavy atom. The molecule has 0 aliphatic rings. The maximum absolute atomic E-state index is 11.2. The van der Waals surface area contributed by atoms with E-state index in [0.29, 0.717) is 38.6 Å². The smallest absolute Gasteiger partial charge is 0.280 e. The van der Waals surface area contributed by atoms with Crippen LogP contribution in [0.25, 0.3) is 0 Å². The Balaban J connectivity index is 2.51. The minimum atomic E-state index is -3.77. The van der Waals surface area contributed by atoms with Crippen LogP contribution in [0.4, 0.5) is 0 Å². The van der Waals surface area contributed by atoms with Crippen LogP contribution in [0.2, 0.25) is 0 Å². The van der Waals surface area contributed by atoms with Crippen molar-refractivity contribution in [3.8, 4) is 0 Å². The van der Waals surface area contributed by atoms with Crippen LogP contribution >= 0.6 is 10.7 Å². The average Bonchev–Trinajstić information content (AvgIpc) is 2.76. The Kier molecular flexibility index (Phi) is 6.78. The van der Waals surface area contributed by atoms with Crippen molar-refractivity contribution in [1.82, 2.24) is 9.55 Å². The van der Waals surface area contributed by atoms with Crippen molar-refractivity contribution in [3.05, 3.63) is 12.0 Å². The van der Waals surface area contributed by atoms with Gasteiger partial charge in [0.2, 0.25) is 0 Å². The number of nitrogens with zero attached hydrogens (tertiary/aromatic N) is 2. The van der Waals surface area contributed by atoms with Crippen LogP contribution in [0, 0.1) is 0 Å². The molecule has 0 aromatic carbocycles. The fourth-order valence-electron chi connectivity index (χ4n) is 1.59. The Bertz CT molecular complexity index is 487. The molecule has 110 valence electrons. The van der Waals surface area contributed by atoms with Crippen molar-refractivity contribution in [2.24, 2.45) is 0 Å². The van der Waals surface area contributed by atoms with E-state index in [-0.39, 0.29) is 5.03 Å². The van der Waals surface area contributed by atoms with Crippen molar-refractivity contribution < 1.29 is 17.9 Å². The summed E-state index contributed by atoms with van der Waals surface area (Å²) in [7, 11) is 3.14. The van der Waals surface area contributed by atoms with Crippen molar-refractivity contribution >= 4 is 19.7 Å². The summed E-state index contributed by atoms with van der Waals surface area (Å²) in [6, 6.07) is 0. The molecule has 1 aromatic rings. The molecule has 0 saturated heterocycles. The zero-order valence-electron chi connectivity index (χ0n) is 11.1. The summed E-state index contributed by atoms with van der Waals surface area (Å²) < 4.78 is 34.5. The first-order valence-electron chi connectivity index (χ1n) is 6.06. The van der Waals surface area contributed by atoms with Crippen molar-refractivity contribution in [2.75, 3.05) is 26.9 Å². The van der Waals surface area contributed by atoms with Gasteiger partial charge in [-0.2, -0.15) is 0 Å². The van der Waals surface area contributed by atoms with Gasteiger partial charge in [-0.1, -0.05) is 6.92 Å². The summed E-state index contributed by atoms with van der Waals surface area (Å²) in [5, 5.41) is -0.106. The van der Waals surface area contributed by atoms with E-state index in [1.165, 1.54) is 6.20 Å². The van der Waals surface area contributed by atoms with Gasteiger partial charge in [-0.3, -0.25) is 0 Å². The SMILES string of the molecule is CCc1nc(S(=O)(=O)Cl)cn1CCOCCCOC. The first-order valence-corrected chi connectivity index (χ1v) is 8.37. The fourth-order valence-corrected chi connectivity index (χ4v) is 2.28. The lowest BCUT2D eigenvalue weighted by Gasteiger charge is -2.07. The minimum Gasteiger partial charge on any atom is -0.385 e. The first-order chi connectivity index (χ1) is 8.99. The van der Waals surface area contributed by atoms with Gasteiger partial charge in [0.1, 0.15) is 5.82 Å². The van der Waals surface area contributed by atoms with Gasteiger partial charge < -0.3 is 14.0 Å². The van der Waals surface area contributed by atoms with E-state index in [9.17, 15) is 8.42 Å². The highest BCUT2D eigenvalue weighted by Gasteiger charge is 2.16. The monoisotopic (exact) mass is 310 g/mol. The van der Waals surface area contributed by atoms with E-state index in [2.05, 4.69) is 4.98 Å². The number of ether oxygens (including phenoxy) is 2. The Morgan fingerprint density at radius 1 is 1.37 bits per heavy atom. The quantitative estimate of drug-likeness (QED) is 0.510. The molecule has 0 N–H and O–H groups in total. The van der Waals surface area contributed by atoms with Crippen LogP contribution in [0.5, 0.6) is 0 Å². The maximum Gasteiger partial charge on any atom is 0.280 e. The highest BCUT2D eigenvalue weighted by molar-refractivity contribution is 8.13. The topological polar surface area (TPSA) is 70.4 Å². The number of hydrogen-bond acceptors (Lipinski definition) is 5. The molecule has 0 bridgehead atoms. The number of methoxy groups -OCH3 is 1. The average molecular weight is 311 g/mol. The number of rotatable bonds is 9. The largest absolute Gasteiger partial charge is 0.385 e. The molecule has 0 aliphatic heterocycles. The molecule has 0 fully saturated rings. The standard InChI is InChI=1S/C11H19ClN2O4S/c1-3-10-13-11(19(12,15)16)9-14(10)5-8-18-7-4-6-17-2/h9H,3-8H2,1-2H3. The van der Waals surface area contributed by atoms with Gasteiger partial charge in [-0.05, 0) is 6.42 Å². The van der Waals surface area contributed by atoms with E-state index in [1.807, 2.05) is 6.92 Å². The highest BCUT2D eigenvalue weighted by Crippen LogP contribution is 2.14. The number of aromatic nitrogens is 2. The van der Waals surface area contributed by atoms with E-state index < -0.39 is 9.05 Å². The number of hydrogen-bond donors (Lipinski definition) is 0. The molecule has 1 aromatic heterocycles. The van der Waals surface area contributed by atoms with Gasteiger partial charge in [0.25, 0.3) is 9.05 Å². The van der Waals surface area contributed by atoms with E-state index in [4.69, 9.17) is 20.2 Å². The Morgan fingerprint density at radius 2 is 2.11 bits per heavy atom.